The van der Waals surface area contributed by atoms with Crippen LogP contribution in [-0.4, -0.2) is 24.4 Å². The van der Waals surface area contributed by atoms with E-state index in [-0.39, 0.29) is 17.7 Å². The van der Waals surface area contributed by atoms with Gasteiger partial charge in [-0.3, -0.25) is 0 Å². The first kappa shape index (κ1) is 12.9. The van der Waals surface area contributed by atoms with E-state index >= 15 is 0 Å². The molecule has 16 heavy (non-hydrogen) atoms. The van der Waals surface area contributed by atoms with Crippen LogP contribution in [0, 0.1) is 5.82 Å². The van der Waals surface area contributed by atoms with Gasteiger partial charge < -0.3 is 15.2 Å². The molecular formula is C12H18FNO2. The summed E-state index contributed by atoms with van der Waals surface area (Å²) in [6, 6.07) is 3.92. The van der Waals surface area contributed by atoms with Gasteiger partial charge in [0.25, 0.3) is 0 Å². The summed E-state index contributed by atoms with van der Waals surface area (Å²) in [6.45, 7) is 5.66. The molecule has 0 aliphatic rings. The van der Waals surface area contributed by atoms with Crippen molar-refractivity contribution in [3.63, 3.8) is 0 Å². The second-order valence-corrected chi connectivity index (χ2v) is 3.87. The second-order valence-electron chi connectivity index (χ2n) is 3.87. The third-order valence-corrected chi connectivity index (χ3v) is 2.09. The van der Waals surface area contributed by atoms with Crippen LogP contribution in [0.3, 0.4) is 0 Å². The Morgan fingerprint density at radius 3 is 2.88 bits per heavy atom. The number of hydrogen-bond donors (Lipinski definition) is 2. The van der Waals surface area contributed by atoms with Crippen LogP contribution in [0.2, 0.25) is 0 Å². The van der Waals surface area contributed by atoms with E-state index in [4.69, 9.17) is 4.74 Å². The molecule has 1 aromatic rings. The Kier molecular flexibility index (Phi) is 5.22. The Morgan fingerprint density at radius 2 is 2.19 bits per heavy atom. The molecule has 3 nitrogen and oxygen atoms in total. The van der Waals surface area contributed by atoms with Crippen molar-refractivity contribution >= 4 is 0 Å². The van der Waals surface area contributed by atoms with Crippen molar-refractivity contribution in [2.75, 3.05) is 13.2 Å². The number of halogens is 1. The van der Waals surface area contributed by atoms with E-state index in [2.05, 4.69) is 5.32 Å². The summed E-state index contributed by atoms with van der Waals surface area (Å²) in [5.74, 6) is -0.230. The van der Waals surface area contributed by atoms with Gasteiger partial charge in [0.15, 0.2) is 0 Å². The predicted molar refractivity (Wildman–Crippen MR) is 60.9 cm³/mol. The lowest BCUT2D eigenvalue weighted by atomic mass is 10.2. The molecule has 0 unspecified atom stereocenters. The molecule has 0 aromatic heterocycles. The highest BCUT2D eigenvalue weighted by atomic mass is 19.1. The maximum Gasteiger partial charge on any atom is 0.123 e. The first-order valence-electron chi connectivity index (χ1n) is 5.39. The summed E-state index contributed by atoms with van der Waals surface area (Å²) in [5, 5.41) is 12.5. The van der Waals surface area contributed by atoms with Gasteiger partial charge in [0, 0.05) is 18.7 Å². The van der Waals surface area contributed by atoms with Gasteiger partial charge in [-0.15, -0.1) is 0 Å². The molecule has 0 heterocycles. The van der Waals surface area contributed by atoms with Crippen LogP contribution >= 0.6 is 0 Å². The van der Waals surface area contributed by atoms with Gasteiger partial charge in [0.2, 0.25) is 0 Å². The van der Waals surface area contributed by atoms with Crippen LogP contribution in [0.15, 0.2) is 18.2 Å². The van der Waals surface area contributed by atoms with Crippen molar-refractivity contribution in [2.45, 2.75) is 26.5 Å². The standard InChI is InChI=1S/C12H18FNO2/c1-9(2)16-6-5-14-8-10-7-11(13)3-4-12(10)15/h3-4,7,9,14-15H,5-6,8H2,1-2H3. The molecule has 0 fully saturated rings. The van der Waals surface area contributed by atoms with E-state index in [0.29, 0.717) is 25.3 Å². The van der Waals surface area contributed by atoms with Crippen molar-refractivity contribution < 1.29 is 14.2 Å². The Bertz CT molecular complexity index is 329. The number of aromatic hydroxyl groups is 1. The molecule has 1 aromatic carbocycles. The van der Waals surface area contributed by atoms with Crippen LogP contribution < -0.4 is 5.32 Å². The normalized spacial score (nSPS) is 11.0. The van der Waals surface area contributed by atoms with Crippen molar-refractivity contribution in [1.29, 1.82) is 0 Å². The minimum Gasteiger partial charge on any atom is -0.508 e. The molecule has 0 aliphatic heterocycles. The molecule has 0 radical (unpaired) electrons. The molecule has 2 N–H and O–H groups in total. The van der Waals surface area contributed by atoms with E-state index < -0.39 is 0 Å². The van der Waals surface area contributed by atoms with E-state index in [1.165, 1.54) is 18.2 Å². The largest absolute Gasteiger partial charge is 0.508 e. The van der Waals surface area contributed by atoms with Gasteiger partial charge in [-0.25, -0.2) is 4.39 Å². The smallest absolute Gasteiger partial charge is 0.123 e. The highest BCUT2D eigenvalue weighted by Crippen LogP contribution is 2.17. The fraction of sp³-hybridized carbons (Fsp3) is 0.500. The number of phenols is 1. The molecule has 0 atom stereocenters. The first-order chi connectivity index (χ1) is 7.59. The molecular weight excluding hydrogens is 209 g/mol. The Hall–Kier alpha value is -1.13. The quantitative estimate of drug-likeness (QED) is 0.731. The summed E-state index contributed by atoms with van der Waals surface area (Å²) < 4.78 is 18.2. The molecule has 0 spiro atoms. The fourth-order valence-corrected chi connectivity index (χ4v) is 1.29. The summed E-state index contributed by atoms with van der Waals surface area (Å²) in [7, 11) is 0. The Labute approximate surface area is 95.2 Å². The van der Waals surface area contributed by atoms with Crippen LogP contribution in [0.1, 0.15) is 19.4 Å². The van der Waals surface area contributed by atoms with Gasteiger partial charge in [-0.1, -0.05) is 0 Å². The number of rotatable bonds is 6. The Balaban J connectivity index is 2.29. The number of nitrogens with one attached hydrogen (secondary N) is 1. The fourth-order valence-electron chi connectivity index (χ4n) is 1.29. The summed E-state index contributed by atoms with van der Waals surface area (Å²) >= 11 is 0. The van der Waals surface area contributed by atoms with Crippen molar-refractivity contribution in [3.8, 4) is 5.75 Å². The maximum absolute atomic E-state index is 12.9. The van der Waals surface area contributed by atoms with E-state index in [9.17, 15) is 9.50 Å². The van der Waals surface area contributed by atoms with E-state index in [1.54, 1.807) is 0 Å². The van der Waals surface area contributed by atoms with Crippen molar-refractivity contribution in [2.24, 2.45) is 0 Å². The second kappa shape index (κ2) is 6.45. The zero-order valence-electron chi connectivity index (χ0n) is 9.66. The van der Waals surface area contributed by atoms with Crippen LogP contribution in [0.25, 0.3) is 0 Å². The lowest BCUT2D eigenvalue weighted by Crippen LogP contribution is -2.21. The number of hydrogen-bond acceptors (Lipinski definition) is 3. The van der Waals surface area contributed by atoms with Crippen LogP contribution in [0.5, 0.6) is 5.75 Å². The van der Waals surface area contributed by atoms with E-state index in [1.807, 2.05) is 13.8 Å². The zero-order valence-corrected chi connectivity index (χ0v) is 9.66. The van der Waals surface area contributed by atoms with Gasteiger partial charge in [0.1, 0.15) is 11.6 Å². The summed E-state index contributed by atoms with van der Waals surface area (Å²) in [4.78, 5) is 0. The predicted octanol–water partition coefficient (Wildman–Crippen LogP) is 2.05. The van der Waals surface area contributed by atoms with Gasteiger partial charge in [0.05, 0.1) is 12.7 Å². The molecule has 0 aliphatic carbocycles. The highest BCUT2D eigenvalue weighted by Gasteiger charge is 2.02. The maximum atomic E-state index is 12.9. The van der Waals surface area contributed by atoms with Crippen molar-refractivity contribution in [1.82, 2.24) is 5.32 Å². The minimum atomic E-state index is -0.340. The third-order valence-electron chi connectivity index (χ3n) is 2.09. The van der Waals surface area contributed by atoms with Crippen molar-refractivity contribution in [3.05, 3.63) is 29.6 Å². The molecule has 4 heteroatoms. The van der Waals surface area contributed by atoms with Gasteiger partial charge >= 0.3 is 0 Å². The highest BCUT2D eigenvalue weighted by molar-refractivity contribution is 5.32. The average molecular weight is 227 g/mol. The average Bonchev–Trinajstić information content (AvgIpc) is 2.22. The molecule has 0 bridgehead atoms. The Morgan fingerprint density at radius 1 is 1.44 bits per heavy atom. The SMILES string of the molecule is CC(C)OCCNCc1cc(F)ccc1O. The van der Waals surface area contributed by atoms with E-state index in [0.717, 1.165) is 0 Å². The monoisotopic (exact) mass is 227 g/mol. The lowest BCUT2D eigenvalue weighted by molar-refractivity contribution is 0.0807. The van der Waals surface area contributed by atoms with Gasteiger partial charge in [-0.2, -0.15) is 0 Å². The molecule has 0 saturated carbocycles. The molecule has 0 amide bonds. The lowest BCUT2D eigenvalue weighted by Gasteiger charge is -2.09. The number of ether oxygens (including phenoxy) is 1. The van der Waals surface area contributed by atoms with Crippen LogP contribution in [0.4, 0.5) is 4.39 Å². The minimum absolute atomic E-state index is 0.110. The first-order valence-corrected chi connectivity index (χ1v) is 5.39. The number of benzene rings is 1. The van der Waals surface area contributed by atoms with Crippen LogP contribution in [-0.2, 0) is 11.3 Å². The van der Waals surface area contributed by atoms with Gasteiger partial charge in [-0.05, 0) is 32.0 Å². The third kappa shape index (κ3) is 4.59. The zero-order chi connectivity index (χ0) is 12.0. The summed E-state index contributed by atoms with van der Waals surface area (Å²) in [5.41, 5.74) is 0.560. The molecule has 1 rings (SSSR count). The topological polar surface area (TPSA) is 41.5 Å². The summed E-state index contributed by atoms with van der Waals surface area (Å²) in [6.07, 6.45) is 0.212. The molecule has 0 saturated heterocycles. The number of phenolic OH excluding ortho intramolecular Hbond substituents is 1. The molecule has 90 valence electrons.